The Bertz CT molecular complexity index is 176. The van der Waals surface area contributed by atoms with Crippen LogP contribution in [0.15, 0.2) is 11.1 Å². The van der Waals surface area contributed by atoms with Gasteiger partial charge in [0.05, 0.1) is 6.61 Å². The van der Waals surface area contributed by atoms with E-state index in [1.54, 1.807) is 5.54 Å². The first-order chi connectivity index (χ1) is 6.24. The molecule has 0 aromatic heterocycles. The average molecular weight is 204 g/mol. The van der Waals surface area contributed by atoms with Gasteiger partial charge in [-0.3, -0.25) is 0 Å². The summed E-state index contributed by atoms with van der Waals surface area (Å²) in [5.41, 5.74) is 2.80. The van der Waals surface area contributed by atoms with Crippen molar-refractivity contribution in [2.24, 2.45) is 5.92 Å². The van der Waals surface area contributed by atoms with Gasteiger partial charge in [0.1, 0.15) is 0 Å². The van der Waals surface area contributed by atoms with Crippen LogP contribution in [0.1, 0.15) is 20.3 Å². The minimum absolute atomic E-state index is 0.522. The van der Waals surface area contributed by atoms with Crippen molar-refractivity contribution < 1.29 is 4.74 Å². The lowest BCUT2D eigenvalue weighted by Crippen LogP contribution is -2.34. The SMILES string of the molecule is CC(=CCl)CNC(C)C1CCOC1. The van der Waals surface area contributed by atoms with Crippen LogP contribution in [0, 0.1) is 5.92 Å². The van der Waals surface area contributed by atoms with Gasteiger partial charge < -0.3 is 10.1 Å². The molecule has 1 N–H and O–H groups in total. The fourth-order valence-electron chi connectivity index (χ4n) is 1.47. The molecule has 0 saturated carbocycles. The number of hydrogen-bond donors (Lipinski definition) is 1. The Balaban J connectivity index is 2.20. The van der Waals surface area contributed by atoms with E-state index < -0.39 is 0 Å². The average Bonchev–Trinajstić information content (AvgIpc) is 2.66. The van der Waals surface area contributed by atoms with Crippen LogP contribution in [0.5, 0.6) is 0 Å². The standard InChI is InChI=1S/C10H18ClNO/c1-8(5-11)6-12-9(2)10-3-4-13-7-10/h5,9-10,12H,3-4,6-7H2,1-2H3. The molecule has 2 atom stereocenters. The van der Waals surface area contributed by atoms with Crippen molar-refractivity contribution in [3.63, 3.8) is 0 Å². The fraction of sp³-hybridized carbons (Fsp3) is 0.800. The summed E-state index contributed by atoms with van der Waals surface area (Å²) in [6, 6.07) is 0.522. The van der Waals surface area contributed by atoms with Gasteiger partial charge in [-0.1, -0.05) is 11.6 Å². The quantitative estimate of drug-likeness (QED) is 0.756. The molecule has 0 bridgehead atoms. The van der Waals surface area contributed by atoms with Gasteiger partial charge in [-0.25, -0.2) is 0 Å². The highest BCUT2D eigenvalue weighted by Gasteiger charge is 2.21. The zero-order valence-electron chi connectivity index (χ0n) is 8.35. The van der Waals surface area contributed by atoms with Gasteiger partial charge in [-0.2, -0.15) is 0 Å². The van der Waals surface area contributed by atoms with Crippen LogP contribution in [0.25, 0.3) is 0 Å². The van der Waals surface area contributed by atoms with Crippen LogP contribution in [0.2, 0.25) is 0 Å². The van der Waals surface area contributed by atoms with Gasteiger partial charge in [-0.15, -0.1) is 0 Å². The highest BCUT2D eigenvalue weighted by atomic mass is 35.5. The molecule has 0 aromatic carbocycles. The number of hydrogen-bond acceptors (Lipinski definition) is 2. The van der Waals surface area contributed by atoms with E-state index in [2.05, 4.69) is 12.2 Å². The molecule has 76 valence electrons. The maximum Gasteiger partial charge on any atom is 0.0509 e. The van der Waals surface area contributed by atoms with Crippen molar-refractivity contribution in [1.29, 1.82) is 0 Å². The highest BCUT2D eigenvalue weighted by Crippen LogP contribution is 2.16. The third-order valence-corrected chi connectivity index (χ3v) is 2.93. The van der Waals surface area contributed by atoms with E-state index in [0.29, 0.717) is 12.0 Å². The number of nitrogens with one attached hydrogen (secondary N) is 1. The van der Waals surface area contributed by atoms with E-state index in [4.69, 9.17) is 16.3 Å². The minimum Gasteiger partial charge on any atom is -0.381 e. The first-order valence-corrected chi connectivity index (χ1v) is 5.24. The summed E-state index contributed by atoms with van der Waals surface area (Å²) < 4.78 is 5.33. The molecule has 1 heterocycles. The Morgan fingerprint density at radius 2 is 2.54 bits per heavy atom. The molecule has 1 fully saturated rings. The third kappa shape index (κ3) is 3.67. The van der Waals surface area contributed by atoms with E-state index in [-0.39, 0.29) is 0 Å². The maximum atomic E-state index is 5.57. The van der Waals surface area contributed by atoms with Gasteiger partial charge >= 0.3 is 0 Å². The van der Waals surface area contributed by atoms with Gasteiger partial charge in [0, 0.05) is 24.7 Å². The van der Waals surface area contributed by atoms with E-state index >= 15 is 0 Å². The molecule has 3 heteroatoms. The second-order valence-corrected chi connectivity index (χ2v) is 3.97. The summed E-state index contributed by atoms with van der Waals surface area (Å²) in [4.78, 5) is 0. The van der Waals surface area contributed by atoms with Gasteiger partial charge in [0.25, 0.3) is 0 Å². The monoisotopic (exact) mass is 203 g/mol. The summed E-state index contributed by atoms with van der Waals surface area (Å²) in [6.07, 6.45) is 1.18. The Morgan fingerprint density at radius 3 is 3.08 bits per heavy atom. The lowest BCUT2D eigenvalue weighted by atomic mass is 10.0. The van der Waals surface area contributed by atoms with E-state index in [0.717, 1.165) is 19.8 Å². The maximum absolute atomic E-state index is 5.57. The van der Waals surface area contributed by atoms with Gasteiger partial charge in [0.2, 0.25) is 0 Å². The molecular formula is C10H18ClNO. The van der Waals surface area contributed by atoms with E-state index in [1.807, 2.05) is 6.92 Å². The smallest absolute Gasteiger partial charge is 0.0509 e. The molecule has 1 saturated heterocycles. The predicted molar refractivity (Wildman–Crippen MR) is 56.0 cm³/mol. The highest BCUT2D eigenvalue weighted by molar-refractivity contribution is 6.25. The first kappa shape index (κ1) is 11.0. The number of rotatable bonds is 4. The molecule has 0 aliphatic carbocycles. The van der Waals surface area contributed by atoms with E-state index in [1.165, 1.54) is 12.0 Å². The Kier molecular flexibility index (Phi) is 4.78. The molecule has 1 aliphatic rings. The normalized spacial score (nSPS) is 26.4. The Morgan fingerprint density at radius 1 is 1.77 bits per heavy atom. The van der Waals surface area contributed by atoms with Crippen LogP contribution in [-0.4, -0.2) is 25.8 Å². The van der Waals surface area contributed by atoms with Crippen molar-refractivity contribution >= 4 is 11.6 Å². The summed E-state index contributed by atoms with van der Waals surface area (Å²) in [5.74, 6) is 0.670. The van der Waals surface area contributed by atoms with Crippen molar-refractivity contribution in [1.82, 2.24) is 5.32 Å². The van der Waals surface area contributed by atoms with Gasteiger partial charge in [0.15, 0.2) is 0 Å². The van der Waals surface area contributed by atoms with Gasteiger partial charge in [-0.05, 0) is 31.8 Å². The first-order valence-electron chi connectivity index (χ1n) is 4.81. The molecule has 2 nitrogen and oxygen atoms in total. The lowest BCUT2D eigenvalue weighted by molar-refractivity contribution is 0.179. The molecule has 0 aromatic rings. The van der Waals surface area contributed by atoms with Crippen LogP contribution in [0.3, 0.4) is 0 Å². The third-order valence-electron chi connectivity index (χ3n) is 2.56. The zero-order chi connectivity index (χ0) is 9.68. The number of ether oxygens (including phenoxy) is 1. The second kappa shape index (κ2) is 5.63. The van der Waals surface area contributed by atoms with E-state index in [9.17, 15) is 0 Å². The molecule has 0 amide bonds. The second-order valence-electron chi connectivity index (χ2n) is 3.75. The number of halogens is 1. The van der Waals surface area contributed by atoms with Crippen molar-refractivity contribution in [2.75, 3.05) is 19.8 Å². The van der Waals surface area contributed by atoms with Crippen LogP contribution in [0.4, 0.5) is 0 Å². The molecule has 0 spiro atoms. The summed E-state index contributed by atoms with van der Waals surface area (Å²) in [7, 11) is 0. The molecule has 0 radical (unpaired) electrons. The van der Waals surface area contributed by atoms with Crippen molar-refractivity contribution in [2.45, 2.75) is 26.3 Å². The lowest BCUT2D eigenvalue weighted by Gasteiger charge is -2.19. The topological polar surface area (TPSA) is 21.3 Å². The molecule has 1 rings (SSSR count). The molecule has 13 heavy (non-hydrogen) atoms. The summed E-state index contributed by atoms with van der Waals surface area (Å²) in [5, 5.41) is 3.44. The summed E-state index contributed by atoms with van der Waals surface area (Å²) >= 11 is 5.57. The van der Waals surface area contributed by atoms with Crippen molar-refractivity contribution in [3.05, 3.63) is 11.1 Å². The zero-order valence-corrected chi connectivity index (χ0v) is 9.10. The van der Waals surface area contributed by atoms with Crippen LogP contribution in [-0.2, 0) is 4.74 Å². The Labute approximate surface area is 85.3 Å². The minimum atomic E-state index is 0.522. The van der Waals surface area contributed by atoms with Crippen molar-refractivity contribution in [3.8, 4) is 0 Å². The van der Waals surface area contributed by atoms with Crippen LogP contribution >= 0.6 is 11.6 Å². The fourth-order valence-corrected chi connectivity index (χ4v) is 1.55. The predicted octanol–water partition coefficient (Wildman–Crippen LogP) is 2.14. The molecule has 1 aliphatic heterocycles. The largest absolute Gasteiger partial charge is 0.381 e. The molecule has 2 unspecified atom stereocenters. The van der Waals surface area contributed by atoms with Crippen LogP contribution < -0.4 is 5.32 Å². The molecular weight excluding hydrogens is 186 g/mol. The summed E-state index contributed by atoms with van der Waals surface area (Å²) in [6.45, 7) is 6.93. The Hall–Kier alpha value is -0.0500.